The van der Waals surface area contributed by atoms with Gasteiger partial charge in [-0.25, -0.2) is 0 Å². The second-order valence-corrected chi connectivity index (χ2v) is 6.60. The number of anilines is 1. The van der Waals surface area contributed by atoms with Gasteiger partial charge in [0.25, 0.3) is 0 Å². The van der Waals surface area contributed by atoms with E-state index in [1.165, 1.54) is 0 Å². The lowest BCUT2D eigenvalue weighted by Crippen LogP contribution is -2.30. The van der Waals surface area contributed by atoms with Gasteiger partial charge in [0.2, 0.25) is 5.91 Å². The molecule has 6 nitrogen and oxygen atoms in total. The third kappa shape index (κ3) is 4.84. The Hall–Kier alpha value is -2.99. The van der Waals surface area contributed by atoms with Gasteiger partial charge in [-0.1, -0.05) is 17.7 Å². The van der Waals surface area contributed by atoms with Gasteiger partial charge < -0.3 is 20.1 Å². The summed E-state index contributed by atoms with van der Waals surface area (Å²) in [6.07, 6.45) is 2.01. The van der Waals surface area contributed by atoms with Gasteiger partial charge >= 0.3 is 0 Å². The number of rotatable bonds is 8. The molecule has 28 heavy (non-hydrogen) atoms. The number of halogens is 1. The number of carbonyl (C=O) groups excluding carboxylic acids is 1. The first-order valence-corrected chi connectivity index (χ1v) is 9.24. The first kappa shape index (κ1) is 19.8. The second kappa shape index (κ2) is 9.28. The number of carbonyl (C=O) groups is 1. The summed E-state index contributed by atoms with van der Waals surface area (Å²) < 4.78 is 10.5. The molecule has 0 aliphatic heterocycles. The number of hydrogen-bond donors (Lipinski definition) is 2. The number of fused-ring (bicyclic) bond motifs is 1. The Labute approximate surface area is 168 Å². The molecular formula is C21H22ClN3O3. The maximum Gasteiger partial charge on any atom is 0.224 e. The van der Waals surface area contributed by atoms with E-state index in [-0.39, 0.29) is 12.3 Å². The van der Waals surface area contributed by atoms with Crippen LogP contribution in [-0.2, 0) is 11.2 Å². The Balaban J connectivity index is 1.51. The maximum absolute atomic E-state index is 12.2. The van der Waals surface area contributed by atoms with E-state index in [4.69, 9.17) is 21.1 Å². The monoisotopic (exact) mass is 399 g/mol. The predicted octanol–water partition coefficient (Wildman–Crippen LogP) is 3.68. The fourth-order valence-electron chi connectivity index (χ4n) is 2.91. The van der Waals surface area contributed by atoms with Gasteiger partial charge in [-0.2, -0.15) is 0 Å². The first-order valence-electron chi connectivity index (χ1n) is 8.86. The number of benzene rings is 2. The molecule has 146 valence electrons. The van der Waals surface area contributed by atoms with Gasteiger partial charge in [0.15, 0.2) is 11.5 Å². The molecule has 1 aromatic heterocycles. The number of pyridine rings is 1. The van der Waals surface area contributed by atoms with Crippen molar-refractivity contribution in [2.24, 2.45) is 0 Å². The van der Waals surface area contributed by atoms with E-state index < -0.39 is 0 Å². The van der Waals surface area contributed by atoms with Crippen LogP contribution in [0.4, 0.5) is 5.69 Å². The molecule has 0 aliphatic rings. The zero-order chi connectivity index (χ0) is 19.9. The zero-order valence-electron chi connectivity index (χ0n) is 15.8. The van der Waals surface area contributed by atoms with E-state index >= 15 is 0 Å². The Morgan fingerprint density at radius 1 is 1.04 bits per heavy atom. The van der Waals surface area contributed by atoms with E-state index in [0.29, 0.717) is 29.6 Å². The van der Waals surface area contributed by atoms with Crippen molar-refractivity contribution >= 4 is 34.1 Å². The summed E-state index contributed by atoms with van der Waals surface area (Å²) in [5.41, 5.74) is 2.64. The largest absolute Gasteiger partial charge is 0.493 e. The topological polar surface area (TPSA) is 72.5 Å². The lowest BCUT2D eigenvalue weighted by Gasteiger charge is -2.11. The number of nitrogens with zero attached hydrogens (tertiary/aromatic N) is 1. The molecule has 0 spiro atoms. The zero-order valence-corrected chi connectivity index (χ0v) is 16.5. The minimum atomic E-state index is -0.0552. The first-order chi connectivity index (χ1) is 13.6. The molecular weight excluding hydrogens is 378 g/mol. The lowest BCUT2D eigenvalue weighted by atomic mass is 10.1. The second-order valence-electron chi connectivity index (χ2n) is 6.16. The molecule has 0 saturated carbocycles. The van der Waals surface area contributed by atoms with E-state index in [1.807, 2.05) is 36.4 Å². The SMILES string of the molecule is COc1ccc(CC(=O)NCCNc2ccnc3cc(Cl)ccc23)cc1OC. The van der Waals surface area contributed by atoms with Gasteiger partial charge in [-0.15, -0.1) is 0 Å². The Morgan fingerprint density at radius 2 is 1.86 bits per heavy atom. The maximum atomic E-state index is 12.2. The number of nitrogens with one attached hydrogen (secondary N) is 2. The van der Waals surface area contributed by atoms with Crippen LogP contribution in [0.1, 0.15) is 5.56 Å². The lowest BCUT2D eigenvalue weighted by molar-refractivity contribution is -0.120. The van der Waals surface area contributed by atoms with Gasteiger partial charge in [-0.05, 0) is 42.0 Å². The highest BCUT2D eigenvalue weighted by molar-refractivity contribution is 6.31. The molecule has 0 saturated heterocycles. The van der Waals surface area contributed by atoms with Crippen LogP contribution < -0.4 is 20.1 Å². The van der Waals surface area contributed by atoms with Crippen molar-refractivity contribution in [3.8, 4) is 11.5 Å². The Bertz CT molecular complexity index is 978. The summed E-state index contributed by atoms with van der Waals surface area (Å²) in [4.78, 5) is 16.5. The summed E-state index contributed by atoms with van der Waals surface area (Å²) >= 11 is 6.01. The third-order valence-electron chi connectivity index (χ3n) is 4.28. The molecule has 2 N–H and O–H groups in total. The highest BCUT2D eigenvalue weighted by atomic mass is 35.5. The number of hydrogen-bond acceptors (Lipinski definition) is 5. The van der Waals surface area contributed by atoms with Gasteiger partial charge in [0.05, 0.1) is 26.2 Å². The average Bonchev–Trinajstić information content (AvgIpc) is 2.70. The van der Waals surface area contributed by atoms with E-state index in [0.717, 1.165) is 22.2 Å². The van der Waals surface area contributed by atoms with Crippen LogP contribution in [0.5, 0.6) is 11.5 Å². The van der Waals surface area contributed by atoms with Gasteiger partial charge in [0.1, 0.15) is 0 Å². The minimum Gasteiger partial charge on any atom is -0.493 e. The molecule has 0 unspecified atom stereocenters. The number of ether oxygens (including phenoxy) is 2. The van der Waals surface area contributed by atoms with Crippen molar-refractivity contribution in [3.05, 3.63) is 59.2 Å². The molecule has 0 atom stereocenters. The number of methoxy groups -OCH3 is 2. The normalized spacial score (nSPS) is 10.5. The molecule has 0 aliphatic carbocycles. The van der Waals surface area contributed by atoms with E-state index in [2.05, 4.69) is 15.6 Å². The highest BCUT2D eigenvalue weighted by Crippen LogP contribution is 2.27. The quantitative estimate of drug-likeness (QED) is 0.565. The average molecular weight is 400 g/mol. The van der Waals surface area contributed by atoms with Crippen molar-refractivity contribution in [2.45, 2.75) is 6.42 Å². The fraction of sp³-hybridized carbons (Fsp3) is 0.238. The van der Waals surface area contributed by atoms with Crippen molar-refractivity contribution < 1.29 is 14.3 Å². The molecule has 0 bridgehead atoms. The van der Waals surface area contributed by atoms with Crippen LogP contribution >= 0.6 is 11.6 Å². The summed E-state index contributed by atoms with van der Waals surface area (Å²) in [7, 11) is 3.15. The third-order valence-corrected chi connectivity index (χ3v) is 4.52. The minimum absolute atomic E-state index is 0.0552. The molecule has 2 aromatic carbocycles. The molecule has 1 heterocycles. The Kier molecular flexibility index (Phi) is 6.55. The van der Waals surface area contributed by atoms with Gasteiger partial charge in [-0.3, -0.25) is 9.78 Å². The van der Waals surface area contributed by atoms with Crippen molar-refractivity contribution in [2.75, 3.05) is 32.6 Å². The molecule has 0 fully saturated rings. The van der Waals surface area contributed by atoms with Crippen molar-refractivity contribution in [1.82, 2.24) is 10.3 Å². The predicted molar refractivity (Wildman–Crippen MR) is 112 cm³/mol. The van der Waals surface area contributed by atoms with E-state index in [1.54, 1.807) is 26.5 Å². The number of aromatic nitrogens is 1. The molecule has 1 amide bonds. The smallest absolute Gasteiger partial charge is 0.224 e. The highest BCUT2D eigenvalue weighted by Gasteiger charge is 2.08. The summed E-state index contributed by atoms with van der Waals surface area (Å²) in [6, 6.07) is 13.0. The van der Waals surface area contributed by atoms with Crippen molar-refractivity contribution in [3.63, 3.8) is 0 Å². The van der Waals surface area contributed by atoms with Crippen LogP contribution in [0.2, 0.25) is 5.02 Å². The Morgan fingerprint density at radius 3 is 2.64 bits per heavy atom. The van der Waals surface area contributed by atoms with Crippen LogP contribution in [0.3, 0.4) is 0 Å². The molecule has 7 heteroatoms. The summed E-state index contributed by atoms with van der Waals surface area (Å²) in [6.45, 7) is 1.10. The van der Waals surface area contributed by atoms with Crippen molar-refractivity contribution in [1.29, 1.82) is 0 Å². The summed E-state index contributed by atoms with van der Waals surface area (Å²) in [5.74, 6) is 1.20. The fourth-order valence-corrected chi connectivity index (χ4v) is 3.08. The van der Waals surface area contributed by atoms with Crippen LogP contribution in [0.15, 0.2) is 48.7 Å². The molecule has 3 aromatic rings. The molecule has 0 radical (unpaired) electrons. The van der Waals surface area contributed by atoms with E-state index in [9.17, 15) is 4.79 Å². The summed E-state index contributed by atoms with van der Waals surface area (Å²) in [5, 5.41) is 7.88. The van der Waals surface area contributed by atoms with Crippen LogP contribution in [0.25, 0.3) is 10.9 Å². The number of amides is 1. The van der Waals surface area contributed by atoms with Crippen LogP contribution in [-0.4, -0.2) is 38.2 Å². The van der Waals surface area contributed by atoms with Crippen LogP contribution in [0, 0.1) is 0 Å². The van der Waals surface area contributed by atoms with Gasteiger partial charge in [0, 0.05) is 35.4 Å². The molecule has 3 rings (SSSR count). The standard InChI is InChI=1S/C21H22ClN3O3/c1-27-19-6-3-14(11-20(19)28-2)12-21(26)25-10-9-24-17-7-8-23-18-13-15(22)4-5-16(17)18/h3-8,11,13H,9-10,12H2,1-2H3,(H,23,24)(H,25,26).